The molecule has 0 saturated carbocycles. The first-order valence-electron chi connectivity index (χ1n) is 7.12. The molecule has 0 spiro atoms. The third kappa shape index (κ3) is 4.23. The fourth-order valence-corrected chi connectivity index (χ4v) is 2.52. The fraction of sp³-hybridized carbons (Fsp3) is 0.250. The van der Waals surface area contributed by atoms with Gasteiger partial charge in [-0.05, 0) is 35.8 Å². The van der Waals surface area contributed by atoms with Crippen LogP contribution in [0, 0.1) is 5.41 Å². The van der Waals surface area contributed by atoms with E-state index in [-0.39, 0.29) is 23.0 Å². The number of rotatable bonds is 7. The second-order valence-electron chi connectivity index (χ2n) is 5.06. The average molecular weight is 347 g/mol. The molecule has 0 saturated heterocycles. The Morgan fingerprint density at radius 1 is 1.38 bits per heavy atom. The zero-order valence-electron chi connectivity index (χ0n) is 13.0. The molecule has 0 bridgehead atoms. The highest BCUT2D eigenvalue weighted by Gasteiger charge is 2.33. The Kier molecular flexibility index (Phi) is 5.75. The van der Waals surface area contributed by atoms with Crippen LogP contribution in [0.3, 0.4) is 0 Å². The number of aliphatic carboxylic acids is 1. The van der Waals surface area contributed by atoms with E-state index in [0.29, 0.717) is 17.7 Å². The molecule has 0 aliphatic carbocycles. The van der Waals surface area contributed by atoms with Crippen molar-refractivity contribution in [3.05, 3.63) is 35.5 Å². The van der Waals surface area contributed by atoms with E-state index in [4.69, 9.17) is 10.5 Å². The molecule has 24 heavy (non-hydrogen) atoms. The van der Waals surface area contributed by atoms with Crippen molar-refractivity contribution in [2.24, 2.45) is 4.99 Å². The van der Waals surface area contributed by atoms with Crippen LogP contribution in [0.5, 0.6) is 5.75 Å². The van der Waals surface area contributed by atoms with E-state index in [2.05, 4.69) is 4.99 Å². The minimum Gasteiger partial charge on any atom is -0.508 e. The van der Waals surface area contributed by atoms with Crippen molar-refractivity contribution in [2.45, 2.75) is 6.42 Å². The first-order valence-corrected chi connectivity index (χ1v) is 8.51. The number of carboxylic acids is 1. The number of hydrogen-bond donors (Lipinski definition) is 3. The van der Waals surface area contributed by atoms with Crippen LogP contribution in [0.4, 0.5) is 0 Å². The Balaban J connectivity index is 2.33. The number of phenolic OH excluding ortho intramolecular Hbond substituents is 1. The van der Waals surface area contributed by atoms with Crippen LogP contribution in [0.1, 0.15) is 12.0 Å². The number of aromatic hydroxyl groups is 1. The number of nitrogens with zero attached hydrogens (tertiary/aromatic N) is 2. The Bertz CT molecular complexity index is 725. The van der Waals surface area contributed by atoms with Gasteiger partial charge in [-0.25, -0.2) is 4.99 Å². The van der Waals surface area contributed by atoms with Gasteiger partial charge in [0, 0.05) is 6.42 Å². The Morgan fingerprint density at radius 3 is 2.62 bits per heavy atom. The molecule has 0 unspecified atom stereocenters. The van der Waals surface area contributed by atoms with Crippen LogP contribution in [0.25, 0.3) is 6.08 Å². The van der Waals surface area contributed by atoms with Crippen LogP contribution >= 0.6 is 11.8 Å². The van der Waals surface area contributed by atoms with E-state index < -0.39 is 18.4 Å². The first-order chi connectivity index (χ1) is 11.4. The lowest BCUT2D eigenvalue weighted by molar-refractivity contribution is -0.140. The molecule has 1 heterocycles. The Hall–Kier alpha value is -2.61. The highest BCUT2D eigenvalue weighted by Crippen LogP contribution is 2.21. The summed E-state index contributed by atoms with van der Waals surface area (Å²) in [4.78, 5) is 28.6. The van der Waals surface area contributed by atoms with Gasteiger partial charge in [0.05, 0.1) is 5.71 Å². The van der Waals surface area contributed by atoms with Crippen LogP contribution in [0.15, 0.2) is 35.0 Å². The van der Waals surface area contributed by atoms with E-state index in [1.54, 1.807) is 23.9 Å². The van der Waals surface area contributed by atoms with Gasteiger partial charge in [-0.1, -0.05) is 12.1 Å². The van der Waals surface area contributed by atoms with Gasteiger partial charge in [0.1, 0.15) is 18.0 Å². The number of hydrogen-bond acceptors (Lipinski definition) is 6. The number of carboxylic acid groups (broad SMARTS) is 1. The molecule has 1 aromatic rings. The molecule has 0 fully saturated rings. The van der Waals surface area contributed by atoms with Gasteiger partial charge in [-0.2, -0.15) is 11.8 Å². The molecule has 0 atom stereocenters. The Morgan fingerprint density at radius 2 is 2.04 bits per heavy atom. The lowest BCUT2D eigenvalue weighted by Crippen LogP contribution is -2.40. The van der Waals surface area contributed by atoms with E-state index in [9.17, 15) is 14.7 Å². The topological polar surface area (TPSA) is 114 Å². The summed E-state index contributed by atoms with van der Waals surface area (Å²) >= 11 is 1.56. The molecule has 2 rings (SSSR count). The maximum atomic E-state index is 12.4. The summed E-state index contributed by atoms with van der Waals surface area (Å²) in [7, 11) is 0. The minimum absolute atomic E-state index is 0.0749. The van der Waals surface area contributed by atoms with E-state index in [0.717, 1.165) is 4.90 Å². The molecule has 126 valence electrons. The number of benzene rings is 1. The number of amides is 1. The van der Waals surface area contributed by atoms with Crippen LogP contribution in [0.2, 0.25) is 0 Å². The van der Waals surface area contributed by atoms with Gasteiger partial charge in [0.25, 0.3) is 5.91 Å². The summed E-state index contributed by atoms with van der Waals surface area (Å²) in [6.07, 6.45) is 3.81. The summed E-state index contributed by atoms with van der Waals surface area (Å²) in [6, 6.07) is 6.19. The van der Waals surface area contributed by atoms with Crippen LogP contribution < -0.4 is 0 Å². The van der Waals surface area contributed by atoms with Crippen molar-refractivity contribution in [1.82, 2.24) is 4.90 Å². The SMILES string of the molecule is CSCCC(=N)C1=N/C(=C\c2ccc(O)cc2)C(=O)N1CC(=O)O. The third-order valence-corrected chi connectivity index (χ3v) is 3.87. The van der Waals surface area contributed by atoms with E-state index in [1.807, 2.05) is 6.26 Å². The fourth-order valence-electron chi connectivity index (χ4n) is 2.11. The highest BCUT2D eigenvalue weighted by molar-refractivity contribution is 7.98. The molecule has 0 aromatic heterocycles. The second-order valence-corrected chi connectivity index (χ2v) is 6.05. The standard InChI is InChI=1S/C16H17N3O4S/c1-24-7-6-12(17)15-18-13(16(23)19(15)9-14(21)22)8-10-2-4-11(20)5-3-10/h2-5,8,17,20H,6-7,9H2,1H3,(H,21,22)/b13-8-,17-12?. The molecule has 1 amide bonds. The van der Waals surface area contributed by atoms with Crippen molar-refractivity contribution in [2.75, 3.05) is 18.6 Å². The lowest BCUT2D eigenvalue weighted by Gasteiger charge is -2.16. The van der Waals surface area contributed by atoms with Gasteiger partial charge >= 0.3 is 5.97 Å². The van der Waals surface area contributed by atoms with E-state index in [1.165, 1.54) is 18.2 Å². The van der Waals surface area contributed by atoms with Crippen LogP contribution in [-0.2, 0) is 9.59 Å². The molecule has 8 heteroatoms. The molecule has 1 aromatic carbocycles. The van der Waals surface area contributed by atoms with Crippen molar-refractivity contribution < 1.29 is 19.8 Å². The number of carbonyl (C=O) groups is 2. The largest absolute Gasteiger partial charge is 0.508 e. The third-order valence-electron chi connectivity index (χ3n) is 3.26. The van der Waals surface area contributed by atoms with Crippen LogP contribution in [-0.4, -0.2) is 57.1 Å². The molecule has 7 nitrogen and oxygen atoms in total. The first kappa shape index (κ1) is 17.7. The number of nitrogens with one attached hydrogen (secondary N) is 1. The van der Waals surface area contributed by atoms with Gasteiger partial charge in [-0.15, -0.1) is 0 Å². The molecule has 1 aliphatic rings. The van der Waals surface area contributed by atoms with Gasteiger partial charge in [-0.3, -0.25) is 14.5 Å². The lowest BCUT2D eigenvalue weighted by atomic mass is 10.2. The smallest absolute Gasteiger partial charge is 0.323 e. The predicted octanol–water partition coefficient (Wildman–Crippen LogP) is 1.83. The second kappa shape index (κ2) is 7.78. The normalized spacial score (nSPS) is 15.7. The van der Waals surface area contributed by atoms with Gasteiger partial charge in [0.15, 0.2) is 5.84 Å². The molecule has 1 aliphatic heterocycles. The number of phenols is 1. The van der Waals surface area contributed by atoms with Gasteiger partial charge in [0.2, 0.25) is 0 Å². The molecule has 0 radical (unpaired) electrons. The monoisotopic (exact) mass is 347 g/mol. The summed E-state index contributed by atoms with van der Waals surface area (Å²) in [5.74, 6) is -0.842. The predicted molar refractivity (Wildman–Crippen MR) is 93.6 cm³/mol. The van der Waals surface area contributed by atoms with Crippen molar-refractivity contribution in [1.29, 1.82) is 5.41 Å². The summed E-state index contributed by atoms with van der Waals surface area (Å²) in [6.45, 7) is -0.535. The number of amidine groups is 1. The number of aliphatic imine (C=N–C) groups is 1. The van der Waals surface area contributed by atoms with Crippen molar-refractivity contribution in [3.63, 3.8) is 0 Å². The zero-order chi connectivity index (χ0) is 17.7. The summed E-state index contributed by atoms with van der Waals surface area (Å²) < 4.78 is 0. The summed E-state index contributed by atoms with van der Waals surface area (Å²) in [5, 5.41) is 26.4. The number of thioether (sulfide) groups is 1. The summed E-state index contributed by atoms with van der Waals surface area (Å²) in [5.41, 5.74) is 0.853. The number of carbonyl (C=O) groups excluding carboxylic acids is 1. The maximum absolute atomic E-state index is 12.4. The van der Waals surface area contributed by atoms with Crippen molar-refractivity contribution in [3.8, 4) is 5.75 Å². The molecular weight excluding hydrogens is 330 g/mol. The zero-order valence-corrected chi connectivity index (χ0v) is 13.8. The molecule has 3 N–H and O–H groups in total. The Labute approximate surface area is 143 Å². The quantitative estimate of drug-likeness (QED) is 0.514. The maximum Gasteiger partial charge on any atom is 0.323 e. The highest BCUT2D eigenvalue weighted by atomic mass is 32.2. The van der Waals surface area contributed by atoms with E-state index >= 15 is 0 Å². The minimum atomic E-state index is -1.17. The van der Waals surface area contributed by atoms with Gasteiger partial charge < -0.3 is 15.6 Å². The molecular formula is C16H17N3O4S. The average Bonchev–Trinajstić information content (AvgIpc) is 2.83. The van der Waals surface area contributed by atoms with Crippen molar-refractivity contribution >= 4 is 41.3 Å².